The first-order valence-electron chi connectivity index (χ1n) is 10.4. The Bertz CT molecular complexity index is 969. The fraction of sp³-hybridized carbons (Fsp3) is 0.348. The molecule has 0 bridgehead atoms. The van der Waals surface area contributed by atoms with E-state index in [-0.39, 0.29) is 36.0 Å². The van der Waals surface area contributed by atoms with Gasteiger partial charge in [-0.05, 0) is 55.5 Å². The number of carbonyl (C=O) groups excluding carboxylic acids is 3. The Morgan fingerprint density at radius 1 is 0.935 bits per heavy atom. The van der Waals surface area contributed by atoms with Gasteiger partial charge in [0.25, 0.3) is 0 Å². The van der Waals surface area contributed by atoms with E-state index in [1.807, 2.05) is 24.3 Å². The van der Waals surface area contributed by atoms with Crippen molar-refractivity contribution in [3.63, 3.8) is 0 Å². The average Bonchev–Trinajstić information content (AvgIpc) is 3.14. The highest BCUT2D eigenvalue weighted by molar-refractivity contribution is 5.97. The molecule has 8 heteroatoms. The largest absolute Gasteiger partial charge is 0.368 e. The first kappa shape index (κ1) is 20.8. The van der Waals surface area contributed by atoms with Crippen LogP contribution in [-0.2, 0) is 4.79 Å². The van der Waals surface area contributed by atoms with Gasteiger partial charge in [-0.1, -0.05) is 0 Å². The van der Waals surface area contributed by atoms with Crippen LogP contribution in [0, 0.1) is 5.82 Å². The van der Waals surface area contributed by atoms with Crippen LogP contribution in [0.4, 0.5) is 20.6 Å². The Morgan fingerprint density at radius 2 is 1.55 bits per heavy atom. The maximum Gasteiger partial charge on any atom is 0.317 e. The lowest BCUT2D eigenvalue weighted by Crippen LogP contribution is -2.53. The number of amides is 3. The summed E-state index contributed by atoms with van der Waals surface area (Å²) in [6, 6.07) is 12.8. The van der Waals surface area contributed by atoms with Crippen molar-refractivity contribution in [2.24, 2.45) is 0 Å². The van der Waals surface area contributed by atoms with Crippen molar-refractivity contribution in [3.05, 3.63) is 59.9 Å². The second-order valence-electron chi connectivity index (χ2n) is 7.91. The van der Waals surface area contributed by atoms with E-state index in [2.05, 4.69) is 10.2 Å². The Balaban J connectivity index is 1.29. The summed E-state index contributed by atoms with van der Waals surface area (Å²) in [6.45, 7) is 4.45. The summed E-state index contributed by atoms with van der Waals surface area (Å²) >= 11 is 0. The number of nitrogens with zero attached hydrogens (tertiary/aromatic N) is 3. The fourth-order valence-corrected chi connectivity index (χ4v) is 4.02. The minimum atomic E-state index is -0.353. The highest BCUT2D eigenvalue weighted by atomic mass is 19.1. The molecule has 2 fully saturated rings. The van der Waals surface area contributed by atoms with E-state index in [4.69, 9.17) is 0 Å². The zero-order valence-corrected chi connectivity index (χ0v) is 17.4. The normalized spacial score (nSPS) is 19.0. The van der Waals surface area contributed by atoms with Crippen molar-refractivity contribution in [2.75, 3.05) is 42.5 Å². The van der Waals surface area contributed by atoms with Crippen molar-refractivity contribution >= 4 is 29.1 Å². The maximum atomic E-state index is 13.1. The van der Waals surface area contributed by atoms with Gasteiger partial charge in [-0.3, -0.25) is 9.59 Å². The molecule has 2 aromatic carbocycles. The number of hydrogen-bond donors (Lipinski definition) is 1. The molecule has 1 unspecified atom stereocenters. The van der Waals surface area contributed by atoms with E-state index in [0.29, 0.717) is 44.0 Å². The van der Waals surface area contributed by atoms with Crippen molar-refractivity contribution in [1.29, 1.82) is 0 Å². The van der Waals surface area contributed by atoms with Gasteiger partial charge in [-0.25, -0.2) is 9.18 Å². The Morgan fingerprint density at radius 3 is 2.16 bits per heavy atom. The number of rotatable bonds is 4. The lowest BCUT2D eigenvalue weighted by atomic mass is 10.1. The zero-order chi connectivity index (χ0) is 22.0. The molecule has 0 aliphatic carbocycles. The first-order chi connectivity index (χ1) is 14.9. The van der Waals surface area contributed by atoms with Crippen LogP contribution in [-0.4, -0.2) is 61.4 Å². The van der Waals surface area contributed by atoms with Crippen LogP contribution in [0.5, 0.6) is 0 Å². The van der Waals surface area contributed by atoms with Crippen LogP contribution >= 0.6 is 0 Å². The molecule has 1 N–H and O–H groups in total. The first-order valence-corrected chi connectivity index (χ1v) is 10.4. The minimum absolute atomic E-state index is 0.0384. The number of urea groups is 1. The summed E-state index contributed by atoms with van der Waals surface area (Å²) in [4.78, 5) is 42.0. The van der Waals surface area contributed by atoms with Gasteiger partial charge in [0.2, 0.25) is 5.91 Å². The summed E-state index contributed by atoms with van der Waals surface area (Å²) in [5, 5.41) is 2.96. The quantitative estimate of drug-likeness (QED) is 0.766. The lowest BCUT2D eigenvalue weighted by molar-refractivity contribution is -0.117. The summed E-state index contributed by atoms with van der Waals surface area (Å²) < 4.78 is 13.1. The Labute approximate surface area is 180 Å². The molecule has 2 aliphatic rings. The minimum Gasteiger partial charge on any atom is -0.368 e. The van der Waals surface area contributed by atoms with Crippen molar-refractivity contribution < 1.29 is 18.8 Å². The number of hydrogen-bond acceptors (Lipinski definition) is 4. The molecule has 162 valence electrons. The van der Waals surface area contributed by atoms with Crippen LogP contribution in [0.2, 0.25) is 0 Å². The van der Waals surface area contributed by atoms with Gasteiger partial charge in [0.1, 0.15) is 5.82 Å². The molecule has 0 saturated carbocycles. The maximum absolute atomic E-state index is 13.1. The van der Waals surface area contributed by atoms with E-state index < -0.39 is 0 Å². The number of benzene rings is 2. The molecule has 2 aromatic rings. The molecule has 3 amide bonds. The molecular formula is C23H25FN4O3. The molecule has 0 radical (unpaired) electrons. The van der Waals surface area contributed by atoms with Gasteiger partial charge in [0.15, 0.2) is 5.78 Å². The van der Waals surface area contributed by atoms with E-state index in [1.54, 1.807) is 28.9 Å². The molecule has 2 saturated heterocycles. The lowest BCUT2D eigenvalue weighted by Gasteiger charge is -2.36. The predicted molar refractivity (Wildman–Crippen MR) is 116 cm³/mol. The van der Waals surface area contributed by atoms with Crippen molar-refractivity contribution in [2.45, 2.75) is 19.4 Å². The number of nitrogens with one attached hydrogen (secondary N) is 1. The molecule has 7 nitrogen and oxygen atoms in total. The van der Waals surface area contributed by atoms with Crippen LogP contribution in [0.25, 0.3) is 0 Å². The summed E-state index contributed by atoms with van der Waals surface area (Å²) in [7, 11) is 0. The summed E-state index contributed by atoms with van der Waals surface area (Å²) in [5.41, 5.74) is 2.34. The smallest absolute Gasteiger partial charge is 0.317 e. The summed E-state index contributed by atoms with van der Waals surface area (Å²) in [5.74, 6) is -0.402. The van der Waals surface area contributed by atoms with Gasteiger partial charge >= 0.3 is 6.03 Å². The standard InChI is InChI=1S/C23H25FN4O3/c1-16(29)17-2-6-20(7-3-17)26-10-12-27(13-11-26)23(31)25-19-14-22(30)28(15-19)21-8-4-18(24)5-9-21/h2-9,19H,10-15H2,1H3,(H,25,31). The molecular weight excluding hydrogens is 399 g/mol. The summed E-state index contributed by atoms with van der Waals surface area (Å²) in [6.07, 6.45) is 0.228. The van der Waals surface area contributed by atoms with Crippen molar-refractivity contribution in [3.8, 4) is 0 Å². The van der Waals surface area contributed by atoms with Gasteiger partial charge in [0, 0.05) is 56.1 Å². The number of carbonyl (C=O) groups is 3. The average molecular weight is 424 g/mol. The van der Waals surface area contributed by atoms with Crippen LogP contribution in [0.3, 0.4) is 0 Å². The topological polar surface area (TPSA) is 73.0 Å². The molecule has 4 rings (SSSR count). The second-order valence-corrected chi connectivity index (χ2v) is 7.91. The fourth-order valence-electron chi connectivity index (χ4n) is 4.02. The highest BCUT2D eigenvalue weighted by Crippen LogP contribution is 2.22. The van der Waals surface area contributed by atoms with E-state index in [9.17, 15) is 18.8 Å². The molecule has 2 aliphatic heterocycles. The Kier molecular flexibility index (Phi) is 5.88. The number of halogens is 1. The van der Waals surface area contributed by atoms with Gasteiger partial charge < -0.3 is 20.0 Å². The second kappa shape index (κ2) is 8.75. The third-order valence-corrected chi connectivity index (χ3v) is 5.80. The van der Waals surface area contributed by atoms with E-state index in [1.165, 1.54) is 12.1 Å². The van der Waals surface area contributed by atoms with Gasteiger partial charge in [0.05, 0.1) is 6.04 Å². The molecule has 2 heterocycles. The van der Waals surface area contributed by atoms with Crippen molar-refractivity contribution in [1.82, 2.24) is 10.2 Å². The molecule has 31 heavy (non-hydrogen) atoms. The number of ketones is 1. The monoisotopic (exact) mass is 424 g/mol. The third kappa shape index (κ3) is 4.68. The molecule has 0 aromatic heterocycles. The van der Waals surface area contributed by atoms with E-state index in [0.717, 1.165) is 5.69 Å². The molecule has 1 atom stereocenters. The van der Waals surface area contributed by atoms with Crippen LogP contribution in [0.15, 0.2) is 48.5 Å². The number of piperazine rings is 1. The zero-order valence-electron chi connectivity index (χ0n) is 17.4. The van der Waals surface area contributed by atoms with Crippen LogP contribution in [0.1, 0.15) is 23.7 Å². The number of Topliss-reactive ketones (excluding diaryl/α,β-unsaturated/α-hetero) is 1. The third-order valence-electron chi connectivity index (χ3n) is 5.80. The van der Waals surface area contributed by atoms with Gasteiger partial charge in [-0.15, -0.1) is 0 Å². The highest BCUT2D eigenvalue weighted by Gasteiger charge is 2.33. The number of anilines is 2. The predicted octanol–water partition coefficient (Wildman–Crippen LogP) is 2.67. The van der Waals surface area contributed by atoms with Gasteiger partial charge in [-0.2, -0.15) is 0 Å². The SMILES string of the molecule is CC(=O)c1ccc(N2CCN(C(=O)NC3CC(=O)N(c4ccc(F)cc4)C3)CC2)cc1. The van der Waals surface area contributed by atoms with Crippen LogP contribution < -0.4 is 15.1 Å². The van der Waals surface area contributed by atoms with E-state index >= 15 is 0 Å². The molecule has 0 spiro atoms. The Hall–Kier alpha value is -3.42.